The van der Waals surface area contributed by atoms with E-state index in [1.54, 1.807) is 0 Å². The zero-order chi connectivity index (χ0) is 18.8. The summed E-state index contributed by atoms with van der Waals surface area (Å²) in [5, 5.41) is 0. The SMILES string of the molecule is Cc1cc(N(Cc2ccccc2)C(C)C)nc(N2CCc3ccccc32)n1. The lowest BCUT2D eigenvalue weighted by molar-refractivity contribution is 0.670. The minimum Gasteiger partial charge on any atom is -0.350 e. The molecule has 0 N–H and O–H groups in total. The zero-order valence-corrected chi connectivity index (χ0v) is 16.3. The van der Waals surface area contributed by atoms with Crippen LogP contribution in [0.5, 0.6) is 0 Å². The van der Waals surface area contributed by atoms with Crippen molar-refractivity contribution >= 4 is 17.5 Å². The van der Waals surface area contributed by atoms with Crippen LogP contribution in [-0.2, 0) is 13.0 Å². The molecule has 0 amide bonds. The first kappa shape index (κ1) is 17.5. The normalized spacial score (nSPS) is 13.1. The van der Waals surface area contributed by atoms with Gasteiger partial charge in [-0.25, -0.2) is 4.98 Å². The Kier molecular flexibility index (Phi) is 4.80. The number of aryl methyl sites for hydroxylation is 1. The number of hydrogen-bond donors (Lipinski definition) is 0. The van der Waals surface area contributed by atoms with Gasteiger partial charge in [-0.05, 0) is 44.4 Å². The standard InChI is InChI=1S/C23H26N4/c1-17(2)27(16-19-9-5-4-6-10-19)22-15-18(3)24-23(25-22)26-14-13-20-11-7-8-12-21(20)26/h4-12,15,17H,13-14,16H2,1-3H3. The van der Waals surface area contributed by atoms with Gasteiger partial charge >= 0.3 is 0 Å². The van der Waals surface area contributed by atoms with Crippen LogP contribution < -0.4 is 9.80 Å². The molecule has 4 heteroatoms. The minimum absolute atomic E-state index is 0.346. The molecule has 1 aliphatic heterocycles. The number of fused-ring (bicyclic) bond motifs is 1. The molecule has 138 valence electrons. The molecule has 2 aromatic carbocycles. The van der Waals surface area contributed by atoms with Crippen LogP contribution in [0.15, 0.2) is 60.7 Å². The number of nitrogens with zero attached hydrogens (tertiary/aromatic N) is 4. The monoisotopic (exact) mass is 358 g/mol. The third-order valence-corrected chi connectivity index (χ3v) is 5.07. The summed E-state index contributed by atoms with van der Waals surface area (Å²) in [6.45, 7) is 8.25. The van der Waals surface area contributed by atoms with Gasteiger partial charge < -0.3 is 9.80 Å². The maximum Gasteiger partial charge on any atom is 0.232 e. The van der Waals surface area contributed by atoms with Crippen molar-refractivity contribution in [2.45, 2.75) is 39.8 Å². The fourth-order valence-electron chi connectivity index (χ4n) is 3.66. The first-order valence-electron chi connectivity index (χ1n) is 9.63. The van der Waals surface area contributed by atoms with E-state index in [1.165, 1.54) is 16.8 Å². The van der Waals surface area contributed by atoms with Crippen LogP contribution in [0.25, 0.3) is 0 Å². The fraction of sp³-hybridized carbons (Fsp3) is 0.304. The summed E-state index contributed by atoms with van der Waals surface area (Å²) in [5.74, 6) is 1.79. The van der Waals surface area contributed by atoms with Gasteiger partial charge in [-0.3, -0.25) is 0 Å². The van der Waals surface area contributed by atoms with E-state index in [0.29, 0.717) is 6.04 Å². The first-order chi connectivity index (χ1) is 13.1. The minimum atomic E-state index is 0.346. The van der Waals surface area contributed by atoms with Gasteiger partial charge in [-0.2, -0.15) is 4.98 Å². The van der Waals surface area contributed by atoms with E-state index >= 15 is 0 Å². The van der Waals surface area contributed by atoms with Crippen LogP contribution in [0, 0.1) is 6.92 Å². The summed E-state index contributed by atoms with van der Waals surface area (Å²) in [5.41, 5.74) is 4.89. The molecule has 2 heterocycles. The fourth-order valence-corrected chi connectivity index (χ4v) is 3.66. The zero-order valence-electron chi connectivity index (χ0n) is 16.3. The number of rotatable bonds is 5. The van der Waals surface area contributed by atoms with Crippen molar-refractivity contribution in [1.29, 1.82) is 0 Å². The Morgan fingerprint density at radius 1 is 1.00 bits per heavy atom. The molecule has 0 aliphatic carbocycles. The molecule has 0 saturated heterocycles. The molecule has 4 nitrogen and oxygen atoms in total. The second-order valence-corrected chi connectivity index (χ2v) is 7.41. The number of benzene rings is 2. The van der Waals surface area contributed by atoms with Crippen molar-refractivity contribution in [2.24, 2.45) is 0 Å². The second kappa shape index (κ2) is 7.39. The molecule has 27 heavy (non-hydrogen) atoms. The molecular formula is C23H26N4. The Bertz CT molecular complexity index is 921. The third kappa shape index (κ3) is 3.65. The number of aromatic nitrogens is 2. The Hall–Kier alpha value is -2.88. The summed E-state index contributed by atoms with van der Waals surface area (Å²) >= 11 is 0. The van der Waals surface area contributed by atoms with E-state index in [2.05, 4.69) is 91.2 Å². The summed E-state index contributed by atoms with van der Waals surface area (Å²) in [6, 6.07) is 21.6. The van der Waals surface area contributed by atoms with Gasteiger partial charge in [-0.1, -0.05) is 48.5 Å². The highest BCUT2D eigenvalue weighted by Crippen LogP contribution is 2.33. The number of anilines is 3. The Morgan fingerprint density at radius 2 is 1.74 bits per heavy atom. The van der Waals surface area contributed by atoms with E-state index in [9.17, 15) is 0 Å². The van der Waals surface area contributed by atoms with Gasteiger partial charge in [0.15, 0.2) is 0 Å². The molecule has 1 aromatic heterocycles. The summed E-state index contributed by atoms with van der Waals surface area (Å²) < 4.78 is 0. The largest absolute Gasteiger partial charge is 0.350 e. The molecular weight excluding hydrogens is 332 g/mol. The lowest BCUT2D eigenvalue weighted by Gasteiger charge is -2.29. The Labute approximate surface area is 161 Å². The summed E-state index contributed by atoms with van der Waals surface area (Å²) in [4.78, 5) is 14.3. The van der Waals surface area contributed by atoms with E-state index in [0.717, 1.165) is 37.0 Å². The van der Waals surface area contributed by atoms with Crippen LogP contribution in [-0.4, -0.2) is 22.6 Å². The van der Waals surface area contributed by atoms with Crippen LogP contribution in [0.3, 0.4) is 0 Å². The first-order valence-corrected chi connectivity index (χ1v) is 9.63. The second-order valence-electron chi connectivity index (χ2n) is 7.41. The molecule has 1 aliphatic rings. The van der Waals surface area contributed by atoms with E-state index in [1.807, 2.05) is 0 Å². The molecule has 3 aromatic rings. The van der Waals surface area contributed by atoms with E-state index in [-0.39, 0.29) is 0 Å². The number of para-hydroxylation sites is 1. The summed E-state index contributed by atoms with van der Waals surface area (Å²) in [6.07, 6.45) is 1.04. The lowest BCUT2D eigenvalue weighted by Crippen LogP contribution is -2.31. The van der Waals surface area contributed by atoms with Crippen LogP contribution in [0.1, 0.15) is 30.7 Å². The highest BCUT2D eigenvalue weighted by molar-refractivity contribution is 5.66. The van der Waals surface area contributed by atoms with Gasteiger partial charge in [0.1, 0.15) is 5.82 Å². The number of hydrogen-bond acceptors (Lipinski definition) is 4. The predicted octanol–water partition coefficient (Wildman–Crippen LogP) is 4.89. The van der Waals surface area contributed by atoms with Crippen molar-refractivity contribution in [3.8, 4) is 0 Å². The predicted molar refractivity (Wildman–Crippen MR) is 112 cm³/mol. The van der Waals surface area contributed by atoms with Gasteiger partial charge in [0.25, 0.3) is 0 Å². The maximum absolute atomic E-state index is 4.97. The molecule has 0 atom stereocenters. The average Bonchev–Trinajstić information content (AvgIpc) is 3.10. The van der Waals surface area contributed by atoms with Crippen molar-refractivity contribution in [1.82, 2.24) is 9.97 Å². The quantitative estimate of drug-likeness (QED) is 0.650. The van der Waals surface area contributed by atoms with Gasteiger partial charge in [-0.15, -0.1) is 0 Å². The van der Waals surface area contributed by atoms with Crippen molar-refractivity contribution in [3.63, 3.8) is 0 Å². The molecule has 0 bridgehead atoms. The van der Waals surface area contributed by atoms with Gasteiger partial charge in [0.05, 0.1) is 0 Å². The highest BCUT2D eigenvalue weighted by atomic mass is 15.3. The van der Waals surface area contributed by atoms with Crippen molar-refractivity contribution in [3.05, 3.63) is 77.5 Å². The van der Waals surface area contributed by atoms with E-state index < -0.39 is 0 Å². The smallest absolute Gasteiger partial charge is 0.232 e. The molecule has 0 unspecified atom stereocenters. The third-order valence-electron chi connectivity index (χ3n) is 5.07. The van der Waals surface area contributed by atoms with Crippen LogP contribution in [0.4, 0.5) is 17.5 Å². The maximum atomic E-state index is 4.97. The Morgan fingerprint density at radius 3 is 2.52 bits per heavy atom. The van der Waals surface area contributed by atoms with Crippen LogP contribution in [0.2, 0.25) is 0 Å². The molecule has 0 spiro atoms. The van der Waals surface area contributed by atoms with Gasteiger partial charge in [0, 0.05) is 36.6 Å². The Balaban J connectivity index is 1.69. The molecule has 0 fully saturated rings. The van der Waals surface area contributed by atoms with Crippen molar-refractivity contribution < 1.29 is 0 Å². The summed E-state index contributed by atoms with van der Waals surface area (Å²) in [7, 11) is 0. The molecule has 0 radical (unpaired) electrons. The van der Waals surface area contributed by atoms with E-state index in [4.69, 9.17) is 9.97 Å². The molecule has 4 rings (SSSR count). The highest BCUT2D eigenvalue weighted by Gasteiger charge is 2.23. The molecule has 0 saturated carbocycles. The van der Waals surface area contributed by atoms with Crippen molar-refractivity contribution in [2.75, 3.05) is 16.3 Å². The van der Waals surface area contributed by atoms with Gasteiger partial charge in [0.2, 0.25) is 5.95 Å². The average molecular weight is 358 g/mol. The topological polar surface area (TPSA) is 32.3 Å². The lowest BCUT2D eigenvalue weighted by atomic mass is 10.2. The van der Waals surface area contributed by atoms with Crippen LogP contribution >= 0.6 is 0 Å².